The highest BCUT2D eigenvalue weighted by atomic mass is 16.2. The molecular formula is C18H14N4O2. The number of benzene rings is 2. The van der Waals surface area contributed by atoms with Crippen LogP contribution < -0.4 is 10.6 Å². The molecule has 24 heavy (non-hydrogen) atoms. The fraction of sp³-hybridized carbons (Fsp3) is 0. The summed E-state index contributed by atoms with van der Waals surface area (Å²) in [6, 6.07) is 17.2. The highest BCUT2D eigenvalue weighted by Gasteiger charge is 2.08. The predicted molar refractivity (Wildman–Crippen MR) is 90.8 cm³/mol. The van der Waals surface area contributed by atoms with Gasteiger partial charge in [-0.2, -0.15) is 10.2 Å². The molecule has 2 aromatic carbocycles. The standard InChI is InChI=1S/C18H14N4O2/c23-17(13-4-2-1-3-5-13)21-15-8-6-14(7-9-15)18(24)22-16-10-11-19-20-12-16/h1-12H,(H,21,23)(H,19,22,24). The number of rotatable bonds is 4. The summed E-state index contributed by atoms with van der Waals surface area (Å²) in [5.74, 6) is -0.459. The van der Waals surface area contributed by atoms with Crippen molar-refractivity contribution in [3.63, 3.8) is 0 Å². The molecule has 3 rings (SSSR count). The molecule has 0 fully saturated rings. The van der Waals surface area contributed by atoms with Crippen LogP contribution in [0.4, 0.5) is 11.4 Å². The summed E-state index contributed by atoms with van der Waals surface area (Å²) in [6.07, 6.45) is 2.96. The zero-order chi connectivity index (χ0) is 16.8. The third-order valence-corrected chi connectivity index (χ3v) is 3.28. The largest absolute Gasteiger partial charge is 0.322 e. The maximum atomic E-state index is 12.1. The third kappa shape index (κ3) is 3.80. The topological polar surface area (TPSA) is 84.0 Å². The summed E-state index contributed by atoms with van der Waals surface area (Å²) >= 11 is 0. The van der Waals surface area contributed by atoms with Crippen molar-refractivity contribution in [2.24, 2.45) is 0 Å². The fourth-order valence-corrected chi connectivity index (χ4v) is 2.07. The van der Waals surface area contributed by atoms with Crippen LogP contribution in [0, 0.1) is 0 Å². The van der Waals surface area contributed by atoms with Gasteiger partial charge in [0.1, 0.15) is 0 Å². The Morgan fingerprint density at radius 1 is 0.667 bits per heavy atom. The minimum Gasteiger partial charge on any atom is -0.322 e. The summed E-state index contributed by atoms with van der Waals surface area (Å²) < 4.78 is 0. The van der Waals surface area contributed by atoms with Gasteiger partial charge < -0.3 is 10.6 Å². The Morgan fingerprint density at radius 2 is 1.29 bits per heavy atom. The number of anilines is 2. The maximum Gasteiger partial charge on any atom is 0.255 e. The second kappa shape index (κ2) is 7.15. The van der Waals surface area contributed by atoms with E-state index >= 15 is 0 Å². The van der Waals surface area contributed by atoms with Gasteiger partial charge in [-0.3, -0.25) is 9.59 Å². The number of nitrogens with one attached hydrogen (secondary N) is 2. The molecule has 6 nitrogen and oxygen atoms in total. The monoisotopic (exact) mass is 318 g/mol. The van der Waals surface area contributed by atoms with E-state index in [2.05, 4.69) is 20.8 Å². The van der Waals surface area contributed by atoms with Gasteiger partial charge in [0.15, 0.2) is 0 Å². The molecule has 0 radical (unpaired) electrons. The Labute approximate surface area is 138 Å². The lowest BCUT2D eigenvalue weighted by molar-refractivity contribution is 0.102. The molecule has 3 aromatic rings. The molecule has 1 heterocycles. The first-order valence-corrected chi connectivity index (χ1v) is 7.27. The van der Waals surface area contributed by atoms with Crippen molar-refractivity contribution < 1.29 is 9.59 Å². The van der Waals surface area contributed by atoms with Gasteiger partial charge in [0.2, 0.25) is 0 Å². The van der Waals surface area contributed by atoms with E-state index in [1.807, 2.05) is 6.07 Å². The van der Waals surface area contributed by atoms with Crippen LogP contribution in [0.5, 0.6) is 0 Å². The average molecular weight is 318 g/mol. The first-order valence-electron chi connectivity index (χ1n) is 7.27. The number of hydrogen-bond acceptors (Lipinski definition) is 4. The number of carbonyl (C=O) groups excluding carboxylic acids is 2. The van der Waals surface area contributed by atoms with Gasteiger partial charge in [0, 0.05) is 16.8 Å². The summed E-state index contributed by atoms with van der Waals surface area (Å²) in [5.41, 5.74) is 2.23. The molecule has 2 amide bonds. The second-order valence-electron chi connectivity index (χ2n) is 4.98. The Balaban J connectivity index is 1.65. The predicted octanol–water partition coefficient (Wildman–Crippen LogP) is 2.98. The molecule has 118 valence electrons. The van der Waals surface area contributed by atoms with Crippen molar-refractivity contribution in [1.82, 2.24) is 10.2 Å². The van der Waals surface area contributed by atoms with Crippen LogP contribution in [-0.2, 0) is 0 Å². The van der Waals surface area contributed by atoms with E-state index < -0.39 is 0 Å². The van der Waals surface area contributed by atoms with Crippen LogP contribution in [0.25, 0.3) is 0 Å². The lowest BCUT2D eigenvalue weighted by Gasteiger charge is -2.07. The van der Waals surface area contributed by atoms with Crippen LogP contribution in [0.1, 0.15) is 20.7 Å². The van der Waals surface area contributed by atoms with Crippen LogP contribution in [0.15, 0.2) is 73.1 Å². The van der Waals surface area contributed by atoms with E-state index in [1.54, 1.807) is 54.6 Å². The normalized spacial score (nSPS) is 10.0. The fourth-order valence-electron chi connectivity index (χ4n) is 2.07. The number of amides is 2. The minimum absolute atomic E-state index is 0.198. The van der Waals surface area contributed by atoms with Crippen LogP contribution in [-0.4, -0.2) is 22.0 Å². The number of hydrogen-bond donors (Lipinski definition) is 2. The van der Waals surface area contributed by atoms with Crippen molar-refractivity contribution >= 4 is 23.2 Å². The van der Waals surface area contributed by atoms with Gasteiger partial charge in [-0.25, -0.2) is 0 Å². The van der Waals surface area contributed by atoms with E-state index in [1.165, 1.54) is 12.4 Å². The van der Waals surface area contributed by atoms with Gasteiger partial charge in [0.25, 0.3) is 11.8 Å². The van der Waals surface area contributed by atoms with Crippen molar-refractivity contribution in [3.8, 4) is 0 Å². The Morgan fingerprint density at radius 3 is 1.92 bits per heavy atom. The van der Waals surface area contributed by atoms with Crippen molar-refractivity contribution in [3.05, 3.63) is 84.2 Å². The van der Waals surface area contributed by atoms with E-state index in [-0.39, 0.29) is 11.8 Å². The van der Waals surface area contributed by atoms with Crippen LogP contribution in [0.2, 0.25) is 0 Å². The van der Waals surface area contributed by atoms with E-state index in [9.17, 15) is 9.59 Å². The highest BCUT2D eigenvalue weighted by Crippen LogP contribution is 2.13. The van der Waals surface area contributed by atoms with Crippen LogP contribution >= 0.6 is 0 Å². The molecule has 1 aromatic heterocycles. The number of nitrogens with zero attached hydrogens (tertiary/aromatic N) is 2. The highest BCUT2D eigenvalue weighted by molar-refractivity contribution is 6.06. The van der Waals surface area contributed by atoms with E-state index in [0.29, 0.717) is 22.5 Å². The third-order valence-electron chi connectivity index (χ3n) is 3.28. The molecule has 6 heteroatoms. The first kappa shape index (κ1) is 15.4. The Hall–Kier alpha value is -3.54. The first-order chi connectivity index (χ1) is 11.7. The summed E-state index contributed by atoms with van der Waals surface area (Å²) in [4.78, 5) is 24.2. The molecule has 0 aliphatic heterocycles. The van der Waals surface area contributed by atoms with Gasteiger partial charge in [-0.15, -0.1) is 0 Å². The molecule has 0 atom stereocenters. The second-order valence-corrected chi connectivity index (χ2v) is 4.98. The average Bonchev–Trinajstić information content (AvgIpc) is 2.64. The molecule has 0 saturated heterocycles. The van der Waals surface area contributed by atoms with E-state index in [0.717, 1.165) is 0 Å². The Bertz CT molecular complexity index is 834. The molecule has 2 N–H and O–H groups in total. The quantitative estimate of drug-likeness (QED) is 0.774. The molecule has 0 spiro atoms. The Kier molecular flexibility index (Phi) is 4.57. The zero-order valence-electron chi connectivity index (χ0n) is 12.6. The van der Waals surface area contributed by atoms with Crippen molar-refractivity contribution in [1.29, 1.82) is 0 Å². The van der Waals surface area contributed by atoms with Crippen molar-refractivity contribution in [2.75, 3.05) is 10.6 Å². The molecular weight excluding hydrogens is 304 g/mol. The minimum atomic E-state index is -0.260. The molecule has 0 aliphatic rings. The molecule has 0 unspecified atom stereocenters. The lowest BCUT2D eigenvalue weighted by Crippen LogP contribution is -2.13. The van der Waals surface area contributed by atoms with Gasteiger partial charge in [-0.1, -0.05) is 18.2 Å². The molecule has 0 saturated carbocycles. The maximum absolute atomic E-state index is 12.1. The molecule has 0 aliphatic carbocycles. The summed E-state index contributed by atoms with van der Waals surface area (Å²) in [6.45, 7) is 0. The smallest absolute Gasteiger partial charge is 0.255 e. The van der Waals surface area contributed by atoms with Crippen LogP contribution in [0.3, 0.4) is 0 Å². The summed E-state index contributed by atoms with van der Waals surface area (Å²) in [7, 11) is 0. The van der Waals surface area contributed by atoms with Gasteiger partial charge in [0.05, 0.1) is 18.1 Å². The lowest BCUT2D eigenvalue weighted by atomic mass is 10.1. The van der Waals surface area contributed by atoms with Crippen molar-refractivity contribution in [2.45, 2.75) is 0 Å². The number of carbonyl (C=O) groups is 2. The van der Waals surface area contributed by atoms with E-state index in [4.69, 9.17) is 0 Å². The SMILES string of the molecule is O=C(Nc1ccc(C(=O)Nc2ccnnc2)cc1)c1ccccc1. The van der Waals surface area contributed by atoms with Gasteiger partial charge in [-0.05, 0) is 42.5 Å². The zero-order valence-corrected chi connectivity index (χ0v) is 12.6. The number of aromatic nitrogens is 2. The summed E-state index contributed by atoms with van der Waals surface area (Å²) in [5, 5.41) is 12.8. The van der Waals surface area contributed by atoms with Gasteiger partial charge >= 0.3 is 0 Å². The molecule has 0 bridgehead atoms.